The van der Waals surface area contributed by atoms with Gasteiger partial charge in [0.15, 0.2) is 0 Å². The number of anilines is 2. The second-order valence-corrected chi connectivity index (χ2v) is 11.1. The Morgan fingerprint density at radius 3 is 2.61 bits per heavy atom. The Morgan fingerprint density at radius 1 is 1.03 bits per heavy atom. The molecule has 0 unspecified atom stereocenters. The van der Waals surface area contributed by atoms with Crippen molar-refractivity contribution in [2.24, 2.45) is 0 Å². The molecule has 0 aromatic heterocycles. The fourth-order valence-electron chi connectivity index (χ4n) is 4.68. The molecule has 3 aromatic carbocycles. The highest BCUT2D eigenvalue weighted by Gasteiger charge is 2.21. The first-order valence-corrected chi connectivity index (χ1v) is 13.7. The number of amides is 1. The molecule has 1 fully saturated rings. The van der Waals surface area contributed by atoms with Gasteiger partial charge in [0, 0.05) is 55.3 Å². The lowest BCUT2D eigenvalue weighted by Gasteiger charge is -2.33. The molecule has 8 heteroatoms. The summed E-state index contributed by atoms with van der Waals surface area (Å²) < 4.78 is 0. The zero-order chi connectivity index (χ0) is 25.1. The normalized spacial score (nSPS) is 15.5. The number of carbonyl (C=O) groups excluding carboxylic acids is 1. The number of nitrogens with zero attached hydrogens (tertiary/aromatic N) is 1. The minimum Gasteiger partial charge on any atom is -0.360 e. The van der Waals surface area contributed by atoms with Crippen LogP contribution in [0.4, 0.5) is 11.4 Å². The number of piperazine rings is 1. The minimum absolute atomic E-state index is 0.0548. The molecule has 1 amide bonds. The van der Waals surface area contributed by atoms with E-state index in [-0.39, 0.29) is 5.91 Å². The van der Waals surface area contributed by atoms with Crippen molar-refractivity contribution in [1.29, 1.82) is 0 Å². The van der Waals surface area contributed by atoms with Gasteiger partial charge in [-0.1, -0.05) is 47.6 Å². The number of hydrogen-bond donors (Lipinski definition) is 3. The summed E-state index contributed by atoms with van der Waals surface area (Å²) >= 11 is 14.0. The van der Waals surface area contributed by atoms with Gasteiger partial charge in [-0.25, -0.2) is 0 Å². The highest BCUT2D eigenvalue weighted by atomic mass is 35.5. The molecule has 36 heavy (non-hydrogen) atoms. The summed E-state index contributed by atoms with van der Waals surface area (Å²) in [6, 6.07) is 19.6. The zero-order valence-electron chi connectivity index (χ0n) is 19.9. The van der Waals surface area contributed by atoms with E-state index in [9.17, 15) is 4.79 Å². The van der Waals surface area contributed by atoms with Crippen molar-refractivity contribution < 1.29 is 9.69 Å². The van der Waals surface area contributed by atoms with E-state index in [1.807, 2.05) is 54.6 Å². The monoisotopic (exact) mass is 539 g/mol. The Hall–Kier alpha value is -2.64. The molecule has 186 valence electrons. The number of benzene rings is 3. The van der Waals surface area contributed by atoms with Crippen molar-refractivity contribution in [2.75, 3.05) is 49.5 Å². The second kappa shape index (κ2) is 11.2. The van der Waals surface area contributed by atoms with Crippen LogP contribution in [0, 0.1) is 0 Å². The van der Waals surface area contributed by atoms with E-state index in [2.05, 4.69) is 28.2 Å². The van der Waals surface area contributed by atoms with Crippen molar-refractivity contribution >= 4 is 57.9 Å². The predicted octanol–water partition coefficient (Wildman–Crippen LogP) is 5.07. The maximum Gasteiger partial charge on any atom is 0.251 e. The number of nitrogens with one attached hydrogen (secondary N) is 3. The topological polar surface area (TPSA) is 48.8 Å². The van der Waals surface area contributed by atoms with E-state index in [0.717, 1.165) is 70.9 Å². The Labute approximate surface area is 226 Å². The molecule has 5 rings (SSSR count). The fraction of sp³-hybridized carbons (Fsp3) is 0.250. The van der Waals surface area contributed by atoms with Gasteiger partial charge in [-0.15, -0.1) is 0 Å². The number of halogens is 2. The van der Waals surface area contributed by atoms with Crippen molar-refractivity contribution in [3.05, 3.63) is 88.4 Å². The predicted molar refractivity (Wildman–Crippen MR) is 151 cm³/mol. The molecule has 3 N–H and O–H groups in total. The second-order valence-electron chi connectivity index (χ2n) is 9.13. The minimum atomic E-state index is -0.0548. The summed E-state index contributed by atoms with van der Waals surface area (Å²) in [6.07, 6.45) is 0.949. The van der Waals surface area contributed by atoms with E-state index in [4.69, 9.17) is 23.2 Å². The van der Waals surface area contributed by atoms with Gasteiger partial charge in [-0.3, -0.25) is 4.79 Å². The average molecular weight is 541 g/mol. The van der Waals surface area contributed by atoms with Crippen molar-refractivity contribution in [2.45, 2.75) is 16.2 Å². The van der Waals surface area contributed by atoms with E-state index in [1.54, 1.807) is 16.7 Å². The van der Waals surface area contributed by atoms with Gasteiger partial charge in [0.25, 0.3) is 5.91 Å². The number of hydrogen-bond acceptors (Lipinski definition) is 4. The summed E-state index contributed by atoms with van der Waals surface area (Å²) in [4.78, 5) is 18.9. The lowest BCUT2D eigenvalue weighted by molar-refractivity contribution is -0.900. The van der Waals surface area contributed by atoms with Crippen molar-refractivity contribution in [3.8, 4) is 0 Å². The fourth-order valence-corrected chi connectivity index (χ4v) is 6.06. The third-order valence-corrected chi connectivity index (χ3v) is 8.27. The van der Waals surface area contributed by atoms with Crippen LogP contribution in [0.5, 0.6) is 0 Å². The van der Waals surface area contributed by atoms with Crippen LogP contribution >= 0.6 is 35.0 Å². The first-order chi connectivity index (χ1) is 17.5. The number of quaternary nitrogens is 1. The van der Waals surface area contributed by atoms with Crippen LogP contribution in [0.15, 0.2) is 77.0 Å². The Morgan fingerprint density at radius 2 is 1.81 bits per heavy atom. The average Bonchev–Trinajstić information content (AvgIpc) is 3.02. The molecule has 0 aliphatic carbocycles. The molecular weight excluding hydrogens is 511 g/mol. The molecule has 5 nitrogen and oxygen atoms in total. The molecule has 2 aliphatic rings. The van der Waals surface area contributed by atoms with Gasteiger partial charge in [-0.05, 0) is 54.6 Å². The van der Waals surface area contributed by atoms with Gasteiger partial charge < -0.3 is 20.4 Å². The Kier molecular flexibility index (Phi) is 7.77. The summed E-state index contributed by atoms with van der Waals surface area (Å²) in [5.41, 5.74) is 4.46. The summed E-state index contributed by atoms with van der Waals surface area (Å²) in [5.74, 6) is -0.0548. The van der Waals surface area contributed by atoms with Gasteiger partial charge in [0.05, 0.1) is 38.4 Å². The first kappa shape index (κ1) is 25.0. The van der Waals surface area contributed by atoms with E-state index < -0.39 is 0 Å². The van der Waals surface area contributed by atoms with Crippen LogP contribution in [0.25, 0.3) is 5.70 Å². The molecule has 0 radical (unpaired) electrons. The SMILES string of the molecule is C=C1Nc2cc(C(=O)NCCC[NH+]3CCN(c4cccc(Cl)c4)CC3)ccc2Sc2ccc(Cl)cc21. The molecule has 2 heterocycles. The van der Waals surface area contributed by atoms with Crippen LogP contribution in [0.1, 0.15) is 22.3 Å². The summed E-state index contributed by atoms with van der Waals surface area (Å²) in [7, 11) is 0. The molecule has 0 bridgehead atoms. The maximum absolute atomic E-state index is 12.8. The first-order valence-electron chi connectivity index (χ1n) is 12.2. The van der Waals surface area contributed by atoms with E-state index in [0.29, 0.717) is 17.1 Å². The Bertz CT molecular complexity index is 1290. The highest BCUT2D eigenvalue weighted by Crippen LogP contribution is 2.42. The molecule has 1 saturated heterocycles. The highest BCUT2D eigenvalue weighted by molar-refractivity contribution is 7.99. The van der Waals surface area contributed by atoms with Gasteiger partial charge in [0.1, 0.15) is 0 Å². The van der Waals surface area contributed by atoms with Crippen LogP contribution in [-0.4, -0.2) is 45.2 Å². The lowest BCUT2D eigenvalue weighted by atomic mass is 10.1. The molecule has 0 spiro atoms. The lowest BCUT2D eigenvalue weighted by Crippen LogP contribution is -3.15. The zero-order valence-corrected chi connectivity index (χ0v) is 22.3. The molecule has 0 saturated carbocycles. The van der Waals surface area contributed by atoms with Crippen LogP contribution in [-0.2, 0) is 0 Å². The third-order valence-electron chi connectivity index (χ3n) is 6.65. The number of rotatable bonds is 6. The van der Waals surface area contributed by atoms with E-state index in [1.165, 1.54) is 5.69 Å². The van der Waals surface area contributed by atoms with Gasteiger partial charge in [0.2, 0.25) is 0 Å². The third kappa shape index (κ3) is 5.84. The molecule has 2 aliphatic heterocycles. The molecular formula is C28H29Cl2N4OS+. The van der Waals surface area contributed by atoms with Crippen molar-refractivity contribution in [1.82, 2.24) is 5.32 Å². The van der Waals surface area contributed by atoms with Crippen LogP contribution < -0.4 is 20.4 Å². The maximum atomic E-state index is 12.8. The smallest absolute Gasteiger partial charge is 0.251 e. The largest absolute Gasteiger partial charge is 0.360 e. The molecule has 3 aromatic rings. The molecule has 0 atom stereocenters. The van der Waals surface area contributed by atoms with Gasteiger partial charge in [-0.2, -0.15) is 0 Å². The summed E-state index contributed by atoms with van der Waals surface area (Å²) in [5, 5.41) is 7.90. The standard InChI is InChI=1S/C28H28Cl2N4OS/c1-19-24-18-22(30)7-9-26(24)36-27-8-6-20(16-25(27)32-19)28(35)31-10-3-11-33-12-14-34(15-13-33)23-5-2-4-21(29)17-23/h2,4-9,16-18,32H,1,3,10-15H2,(H,31,35)/p+1. The summed E-state index contributed by atoms with van der Waals surface area (Å²) in [6.45, 7) is 10.1. The van der Waals surface area contributed by atoms with Crippen LogP contribution in [0.2, 0.25) is 10.0 Å². The van der Waals surface area contributed by atoms with Crippen LogP contribution in [0.3, 0.4) is 0 Å². The van der Waals surface area contributed by atoms with Gasteiger partial charge >= 0.3 is 0 Å². The van der Waals surface area contributed by atoms with E-state index >= 15 is 0 Å². The van der Waals surface area contributed by atoms with Crippen molar-refractivity contribution in [3.63, 3.8) is 0 Å². The number of carbonyl (C=O) groups is 1. The Balaban J connectivity index is 1.10. The quantitative estimate of drug-likeness (QED) is 0.383. The number of fused-ring (bicyclic) bond motifs is 2.